The zero-order chi connectivity index (χ0) is 14.8. The molecule has 1 aliphatic heterocycles. The Morgan fingerprint density at radius 1 is 1.40 bits per heavy atom. The van der Waals surface area contributed by atoms with Crippen molar-refractivity contribution >= 4 is 11.3 Å². The summed E-state index contributed by atoms with van der Waals surface area (Å²) in [5.41, 5.74) is 1.40. The van der Waals surface area contributed by atoms with Gasteiger partial charge in [0, 0.05) is 36.1 Å². The zero-order valence-corrected chi connectivity index (χ0v) is 14.4. The van der Waals surface area contributed by atoms with Crippen molar-refractivity contribution < 1.29 is 0 Å². The van der Waals surface area contributed by atoms with Gasteiger partial charge in [-0.2, -0.15) is 0 Å². The molecule has 0 saturated carbocycles. The Hall–Kier alpha value is -0.450. The van der Waals surface area contributed by atoms with Crippen LogP contribution in [-0.4, -0.2) is 27.5 Å². The summed E-state index contributed by atoms with van der Waals surface area (Å²) in [6, 6.07) is 1.46. The fraction of sp³-hybridized carbons (Fsp3) is 0.812. The van der Waals surface area contributed by atoms with E-state index in [1.165, 1.54) is 30.0 Å². The van der Waals surface area contributed by atoms with Gasteiger partial charge in [-0.3, -0.25) is 4.90 Å². The van der Waals surface area contributed by atoms with Gasteiger partial charge in [-0.15, -0.1) is 11.3 Å². The van der Waals surface area contributed by atoms with E-state index in [-0.39, 0.29) is 5.54 Å². The highest BCUT2D eigenvalue weighted by atomic mass is 32.1. The lowest BCUT2D eigenvalue weighted by atomic mass is 10.1. The van der Waals surface area contributed by atoms with Crippen molar-refractivity contribution in [2.45, 2.75) is 84.6 Å². The second-order valence-electron chi connectivity index (χ2n) is 7.00. The van der Waals surface area contributed by atoms with E-state index in [2.05, 4.69) is 50.2 Å². The molecule has 0 amide bonds. The van der Waals surface area contributed by atoms with Gasteiger partial charge in [-0.05, 0) is 47.0 Å². The minimum atomic E-state index is 0.155. The van der Waals surface area contributed by atoms with Gasteiger partial charge in [0.1, 0.15) is 5.01 Å². The number of rotatable bonds is 5. The molecule has 0 aromatic carbocycles. The van der Waals surface area contributed by atoms with Crippen LogP contribution in [0.25, 0.3) is 0 Å². The Bertz CT molecular complexity index is 422. The van der Waals surface area contributed by atoms with Crippen LogP contribution in [0.3, 0.4) is 0 Å². The Kier molecular flexibility index (Phi) is 5.21. The minimum absolute atomic E-state index is 0.155. The maximum absolute atomic E-state index is 4.79. The molecule has 1 fully saturated rings. The van der Waals surface area contributed by atoms with Crippen molar-refractivity contribution in [2.75, 3.05) is 0 Å². The third kappa shape index (κ3) is 4.27. The molecule has 0 spiro atoms. The highest BCUT2D eigenvalue weighted by molar-refractivity contribution is 7.09. The summed E-state index contributed by atoms with van der Waals surface area (Å²) in [6.45, 7) is 13.1. The van der Waals surface area contributed by atoms with Crippen LogP contribution >= 0.6 is 11.3 Å². The molecule has 1 aromatic heterocycles. The number of aromatic nitrogens is 1. The number of likely N-dealkylation sites (tertiary alicyclic amines) is 1. The molecule has 2 unspecified atom stereocenters. The average molecular weight is 295 g/mol. The number of nitrogens with one attached hydrogen (secondary N) is 1. The van der Waals surface area contributed by atoms with Crippen LogP contribution in [0, 0.1) is 0 Å². The monoisotopic (exact) mass is 295 g/mol. The predicted octanol–water partition coefficient (Wildman–Crippen LogP) is 3.79. The summed E-state index contributed by atoms with van der Waals surface area (Å²) in [7, 11) is 0. The molecule has 3 nitrogen and oxygen atoms in total. The van der Waals surface area contributed by atoms with Gasteiger partial charge in [0.05, 0.1) is 5.69 Å². The van der Waals surface area contributed by atoms with Crippen molar-refractivity contribution in [1.29, 1.82) is 0 Å². The average Bonchev–Trinajstić information content (AvgIpc) is 2.95. The normalized spacial score (nSPS) is 24.4. The highest BCUT2D eigenvalue weighted by Gasteiger charge is 2.29. The molecule has 2 atom stereocenters. The summed E-state index contributed by atoms with van der Waals surface area (Å²) in [5, 5.41) is 6.95. The van der Waals surface area contributed by atoms with Crippen LogP contribution in [-0.2, 0) is 13.1 Å². The Morgan fingerprint density at radius 2 is 2.15 bits per heavy atom. The Labute approximate surface area is 127 Å². The van der Waals surface area contributed by atoms with Crippen molar-refractivity contribution in [2.24, 2.45) is 0 Å². The molecule has 20 heavy (non-hydrogen) atoms. The summed E-state index contributed by atoms with van der Waals surface area (Å²) in [6.07, 6.45) is 3.94. The van der Waals surface area contributed by atoms with Crippen LogP contribution < -0.4 is 5.32 Å². The van der Waals surface area contributed by atoms with Crippen molar-refractivity contribution in [3.63, 3.8) is 0 Å². The molecule has 114 valence electrons. The van der Waals surface area contributed by atoms with Gasteiger partial charge >= 0.3 is 0 Å². The van der Waals surface area contributed by atoms with E-state index in [9.17, 15) is 0 Å². The third-order valence-electron chi connectivity index (χ3n) is 4.14. The first kappa shape index (κ1) is 15.9. The highest BCUT2D eigenvalue weighted by Crippen LogP contribution is 2.28. The van der Waals surface area contributed by atoms with Crippen LogP contribution in [0.15, 0.2) is 5.38 Å². The molecular weight excluding hydrogens is 266 g/mol. The van der Waals surface area contributed by atoms with E-state index >= 15 is 0 Å². The van der Waals surface area contributed by atoms with E-state index < -0.39 is 0 Å². The number of hydrogen-bond donors (Lipinski definition) is 1. The van der Waals surface area contributed by atoms with E-state index in [4.69, 9.17) is 4.98 Å². The molecule has 2 rings (SSSR count). The molecule has 2 heterocycles. The predicted molar refractivity (Wildman–Crippen MR) is 87.0 cm³/mol. The molecule has 0 radical (unpaired) electrons. The molecule has 1 aliphatic rings. The molecule has 4 heteroatoms. The fourth-order valence-electron chi connectivity index (χ4n) is 2.88. The molecular formula is C16H29N3S. The quantitative estimate of drug-likeness (QED) is 0.895. The maximum atomic E-state index is 4.79. The zero-order valence-electron chi connectivity index (χ0n) is 13.6. The smallest absolute Gasteiger partial charge is 0.107 e. The fourth-order valence-corrected chi connectivity index (χ4v) is 3.60. The first-order chi connectivity index (χ1) is 9.39. The second kappa shape index (κ2) is 6.54. The molecule has 0 aliphatic carbocycles. The van der Waals surface area contributed by atoms with Crippen molar-refractivity contribution in [3.05, 3.63) is 16.1 Å². The Balaban J connectivity index is 1.92. The number of hydrogen-bond acceptors (Lipinski definition) is 4. The van der Waals surface area contributed by atoms with Gasteiger partial charge in [-0.1, -0.05) is 6.92 Å². The number of thiazole rings is 1. The minimum Gasteiger partial charge on any atom is -0.306 e. The van der Waals surface area contributed by atoms with Gasteiger partial charge in [0.2, 0.25) is 0 Å². The second-order valence-corrected chi connectivity index (χ2v) is 7.94. The van der Waals surface area contributed by atoms with Crippen LogP contribution in [0.1, 0.15) is 64.6 Å². The SMILES string of the molecule is CCC1CCC(C)N1Cc1csc(CNC(C)(C)C)n1. The largest absolute Gasteiger partial charge is 0.306 e. The molecule has 1 N–H and O–H groups in total. The van der Waals surface area contributed by atoms with Gasteiger partial charge in [-0.25, -0.2) is 4.98 Å². The lowest BCUT2D eigenvalue weighted by molar-refractivity contribution is 0.187. The van der Waals surface area contributed by atoms with E-state index in [0.29, 0.717) is 6.04 Å². The summed E-state index contributed by atoms with van der Waals surface area (Å²) in [5.74, 6) is 0. The van der Waals surface area contributed by atoms with E-state index in [0.717, 1.165) is 19.1 Å². The lowest BCUT2D eigenvalue weighted by Gasteiger charge is -2.26. The van der Waals surface area contributed by atoms with Crippen molar-refractivity contribution in [1.82, 2.24) is 15.2 Å². The van der Waals surface area contributed by atoms with Gasteiger partial charge < -0.3 is 5.32 Å². The maximum Gasteiger partial charge on any atom is 0.107 e. The van der Waals surface area contributed by atoms with Crippen LogP contribution in [0.4, 0.5) is 0 Å². The molecule has 0 bridgehead atoms. The van der Waals surface area contributed by atoms with Gasteiger partial charge in [0.15, 0.2) is 0 Å². The summed E-state index contributed by atoms with van der Waals surface area (Å²) < 4.78 is 0. The lowest BCUT2D eigenvalue weighted by Crippen LogP contribution is -2.35. The standard InChI is InChI=1S/C16H29N3S/c1-6-14-8-7-12(2)19(14)10-13-11-20-15(18-13)9-17-16(3,4)5/h11-12,14,17H,6-10H2,1-5H3. The Morgan fingerprint density at radius 3 is 2.80 bits per heavy atom. The topological polar surface area (TPSA) is 28.2 Å². The van der Waals surface area contributed by atoms with Crippen molar-refractivity contribution in [3.8, 4) is 0 Å². The third-order valence-corrected chi connectivity index (χ3v) is 5.04. The first-order valence-corrected chi connectivity index (χ1v) is 8.71. The van der Waals surface area contributed by atoms with Crippen LogP contribution in [0.2, 0.25) is 0 Å². The van der Waals surface area contributed by atoms with Gasteiger partial charge in [0.25, 0.3) is 0 Å². The summed E-state index contributed by atoms with van der Waals surface area (Å²) >= 11 is 1.78. The number of nitrogens with zero attached hydrogens (tertiary/aromatic N) is 2. The summed E-state index contributed by atoms with van der Waals surface area (Å²) in [4.78, 5) is 7.43. The first-order valence-electron chi connectivity index (χ1n) is 7.83. The molecule has 1 saturated heterocycles. The van der Waals surface area contributed by atoms with Crippen LogP contribution in [0.5, 0.6) is 0 Å². The molecule has 1 aromatic rings. The van der Waals surface area contributed by atoms with E-state index in [1.807, 2.05) is 0 Å². The van der Waals surface area contributed by atoms with E-state index in [1.54, 1.807) is 11.3 Å².